The molecule has 5 atom stereocenters. The van der Waals surface area contributed by atoms with Crippen LogP contribution in [-0.2, 0) is 9.59 Å². The number of guanidine groups is 1. The van der Waals surface area contributed by atoms with E-state index >= 15 is 0 Å². The van der Waals surface area contributed by atoms with Gasteiger partial charge in [-0.15, -0.1) is 11.8 Å². The second-order valence-corrected chi connectivity index (χ2v) is 11.1. The molecule has 4 aliphatic rings. The Morgan fingerprint density at radius 1 is 1.31 bits per heavy atom. The molecule has 0 unspecified atom stereocenters. The van der Waals surface area contributed by atoms with E-state index in [1.807, 2.05) is 6.92 Å². The van der Waals surface area contributed by atoms with Crippen LogP contribution in [0.15, 0.2) is 10.6 Å². The summed E-state index contributed by atoms with van der Waals surface area (Å²) in [6, 6.07) is 0.316. The molecular formula is C22H35N5O4S. The van der Waals surface area contributed by atoms with Gasteiger partial charge < -0.3 is 26.2 Å². The van der Waals surface area contributed by atoms with Gasteiger partial charge in [-0.1, -0.05) is 6.92 Å². The molecule has 4 rings (SSSR count). The highest BCUT2D eigenvalue weighted by Gasteiger charge is 2.60. The molecule has 3 fully saturated rings. The molecule has 1 aliphatic carbocycles. The molecule has 0 aromatic rings. The normalized spacial score (nSPS) is 36.1. The zero-order valence-corrected chi connectivity index (χ0v) is 19.6. The lowest BCUT2D eigenvalue weighted by Gasteiger charge is -2.46. The van der Waals surface area contributed by atoms with Crippen LogP contribution >= 0.6 is 11.8 Å². The third kappa shape index (κ3) is 4.24. The monoisotopic (exact) mass is 465 g/mol. The smallest absolute Gasteiger partial charge is 0.353 e. The van der Waals surface area contributed by atoms with Crippen LogP contribution in [0.2, 0.25) is 0 Å². The molecule has 178 valence electrons. The van der Waals surface area contributed by atoms with Crippen molar-refractivity contribution in [3.63, 3.8) is 0 Å². The SMILES string of the molecule is C[C@@H](O)[C@H]1C(=O)N2C(C(=O)O)=C(S[C@@H]3CCN([C@H]4CC[C@@H](CNC(=N)N)CC4)C3)[C@H](C)[C@H]12. The van der Waals surface area contributed by atoms with Crippen LogP contribution < -0.4 is 11.1 Å². The Labute approximate surface area is 193 Å². The highest BCUT2D eigenvalue weighted by Crippen LogP contribution is 2.52. The number of aliphatic hydroxyl groups excluding tert-OH is 1. The predicted molar refractivity (Wildman–Crippen MR) is 123 cm³/mol. The van der Waals surface area contributed by atoms with Crippen LogP contribution in [0.5, 0.6) is 0 Å². The number of likely N-dealkylation sites (tertiary alicyclic amines) is 1. The van der Waals surface area contributed by atoms with Crippen molar-refractivity contribution in [2.24, 2.45) is 23.5 Å². The maximum absolute atomic E-state index is 12.5. The molecule has 1 amide bonds. The molecule has 3 heterocycles. The van der Waals surface area contributed by atoms with Crippen LogP contribution in [0, 0.1) is 23.2 Å². The van der Waals surface area contributed by atoms with Crippen LogP contribution in [0.3, 0.4) is 0 Å². The number of carbonyl (C=O) groups excluding carboxylic acids is 1. The Bertz CT molecular complexity index is 810. The van der Waals surface area contributed by atoms with E-state index in [1.54, 1.807) is 18.7 Å². The first kappa shape index (κ1) is 23.4. The van der Waals surface area contributed by atoms with E-state index in [-0.39, 0.29) is 29.5 Å². The Balaban J connectivity index is 1.35. The summed E-state index contributed by atoms with van der Waals surface area (Å²) in [5.74, 6) is -1.30. The van der Waals surface area contributed by atoms with E-state index in [1.165, 1.54) is 4.90 Å². The number of β-lactam (4-membered cyclic amide) rings is 1. The fraction of sp³-hybridized carbons (Fsp3) is 0.773. The molecule has 2 saturated heterocycles. The van der Waals surface area contributed by atoms with Gasteiger partial charge in [0, 0.05) is 35.2 Å². The Hall–Kier alpha value is -1.78. The topological polar surface area (TPSA) is 143 Å². The Kier molecular flexibility index (Phi) is 6.74. The van der Waals surface area contributed by atoms with Gasteiger partial charge in [0.1, 0.15) is 5.70 Å². The molecule has 10 heteroatoms. The number of hydrogen-bond acceptors (Lipinski definition) is 6. The van der Waals surface area contributed by atoms with Crippen molar-refractivity contribution in [3.8, 4) is 0 Å². The zero-order chi connectivity index (χ0) is 23.2. The average molecular weight is 466 g/mol. The van der Waals surface area contributed by atoms with Crippen molar-refractivity contribution in [1.82, 2.24) is 15.1 Å². The number of carbonyl (C=O) groups is 2. The lowest BCUT2D eigenvalue weighted by atomic mass is 9.79. The predicted octanol–water partition coefficient (Wildman–Crippen LogP) is 0.989. The van der Waals surface area contributed by atoms with Crippen molar-refractivity contribution < 1.29 is 19.8 Å². The largest absolute Gasteiger partial charge is 0.477 e. The number of fused-ring (bicyclic) bond motifs is 1. The maximum Gasteiger partial charge on any atom is 0.353 e. The van der Waals surface area contributed by atoms with Crippen molar-refractivity contribution >= 4 is 29.6 Å². The average Bonchev–Trinajstić information content (AvgIpc) is 3.29. The van der Waals surface area contributed by atoms with Crippen molar-refractivity contribution in [1.29, 1.82) is 5.41 Å². The number of aliphatic carboxylic acids is 1. The minimum Gasteiger partial charge on any atom is -0.477 e. The van der Waals surface area contributed by atoms with E-state index in [0.29, 0.717) is 17.2 Å². The van der Waals surface area contributed by atoms with Gasteiger partial charge in [-0.05, 0) is 51.5 Å². The summed E-state index contributed by atoms with van der Waals surface area (Å²) in [4.78, 5) is 29.3. The molecule has 0 spiro atoms. The quantitative estimate of drug-likeness (QED) is 0.213. The summed E-state index contributed by atoms with van der Waals surface area (Å²) in [5, 5.41) is 30.4. The number of nitrogens with two attached hydrogens (primary N) is 1. The molecule has 0 aromatic carbocycles. The van der Waals surface area contributed by atoms with Gasteiger partial charge in [0.05, 0.1) is 18.1 Å². The van der Waals surface area contributed by atoms with Gasteiger partial charge in [-0.3, -0.25) is 15.1 Å². The number of rotatable bonds is 7. The summed E-state index contributed by atoms with van der Waals surface area (Å²) in [6.45, 7) is 6.32. The van der Waals surface area contributed by atoms with Gasteiger partial charge in [0.2, 0.25) is 5.91 Å². The lowest BCUT2D eigenvalue weighted by molar-refractivity contribution is -0.163. The minimum atomic E-state index is -1.05. The van der Waals surface area contributed by atoms with Gasteiger partial charge in [-0.2, -0.15) is 0 Å². The zero-order valence-electron chi connectivity index (χ0n) is 18.8. The first-order chi connectivity index (χ1) is 15.2. The molecule has 0 bridgehead atoms. The van der Waals surface area contributed by atoms with E-state index in [4.69, 9.17) is 11.1 Å². The molecular weight excluding hydrogens is 430 g/mol. The third-order valence-corrected chi connectivity index (χ3v) is 9.23. The fourth-order valence-electron chi connectivity index (χ4n) is 6.01. The molecule has 32 heavy (non-hydrogen) atoms. The fourth-order valence-corrected chi connectivity index (χ4v) is 7.51. The maximum atomic E-state index is 12.5. The molecule has 9 nitrogen and oxygen atoms in total. The van der Waals surface area contributed by atoms with Crippen LogP contribution in [0.1, 0.15) is 46.0 Å². The highest BCUT2D eigenvalue weighted by atomic mass is 32.2. The number of aliphatic hydroxyl groups is 1. The van der Waals surface area contributed by atoms with Crippen LogP contribution in [-0.4, -0.2) is 80.9 Å². The molecule has 3 aliphatic heterocycles. The van der Waals surface area contributed by atoms with E-state index in [9.17, 15) is 19.8 Å². The van der Waals surface area contributed by atoms with Crippen LogP contribution in [0.25, 0.3) is 0 Å². The van der Waals surface area contributed by atoms with Crippen molar-refractivity contribution in [2.45, 2.75) is 69.4 Å². The van der Waals surface area contributed by atoms with Gasteiger partial charge in [0.15, 0.2) is 5.96 Å². The minimum absolute atomic E-state index is 0.0361. The highest BCUT2D eigenvalue weighted by molar-refractivity contribution is 8.03. The second kappa shape index (κ2) is 9.23. The third-order valence-electron chi connectivity index (χ3n) is 7.70. The summed E-state index contributed by atoms with van der Waals surface area (Å²) in [6.07, 6.45) is 4.78. The van der Waals surface area contributed by atoms with E-state index in [0.717, 1.165) is 56.6 Å². The lowest BCUT2D eigenvalue weighted by Crippen LogP contribution is -2.63. The number of nitrogens with one attached hydrogen (secondary N) is 2. The van der Waals surface area contributed by atoms with Gasteiger partial charge >= 0.3 is 5.97 Å². The number of thioether (sulfide) groups is 1. The number of nitrogens with zero attached hydrogens (tertiary/aromatic N) is 2. The van der Waals surface area contributed by atoms with Gasteiger partial charge in [-0.25, -0.2) is 4.79 Å². The van der Waals surface area contributed by atoms with Crippen LogP contribution in [0.4, 0.5) is 0 Å². The number of carboxylic acids is 1. The molecule has 1 saturated carbocycles. The molecule has 6 N–H and O–H groups in total. The first-order valence-corrected chi connectivity index (χ1v) is 12.5. The van der Waals surface area contributed by atoms with Gasteiger partial charge in [0.25, 0.3) is 0 Å². The molecule has 0 aromatic heterocycles. The number of carboxylic acid groups (broad SMARTS) is 1. The standard InChI is InChI=1S/C22H35N5O4S/c1-11-17-16(12(2)28)20(29)27(17)18(21(30)31)19(11)32-15-7-8-26(10-15)14-5-3-13(4-6-14)9-25-22(23)24/h11-17,28H,3-10H2,1-2H3,(H,30,31)(H4,23,24,25)/t11-,12-,13-,14+,15-,16-,17-/m1/s1. The summed E-state index contributed by atoms with van der Waals surface area (Å²) < 4.78 is 0. The second-order valence-electron chi connectivity index (χ2n) is 9.76. The Morgan fingerprint density at radius 3 is 2.59 bits per heavy atom. The number of amides is 1. The van der Waals surface area contributed by atoms with Crippen molar-refractivity contribution in [2.75, 3.05) is 19.6 Å². The molecule has 0 radical (unpaired) electrons. The summed E-state index contributed by atoms with van der Waals surface area (Å²) >= 11 is 1.64. The summed E-state index contributed by atoms with van der Waals surface area (Å²) in [5.41, 5.74) is 5.53. The number of hydrogen-bond donors (Lipinski definition) is 5. The van der Waals surface area contributed by atoms with E-state index in [2.05, 4.69) is 10.2 Å². The summed E-state index contributed by atoms with van der Waals surface area (Å²) in [7, 11) is 0. The Morgan fingerprint density at radius 2 is 2.00 bits per heavy atom. The van der Waals surface area contributed by atoms with E-state index < -0.39 is 18.0 Å². The first-order valence-electron chi connectivity index (χ1n) is 11.7. The van der Waals surface area contributed by atoms with Crippen molar-refractivity contribution in [3.05, 3.63) is 10.6 Å².